The molecular formula is C16H13Cl3N2O3. The molecule has 1 N–H and O–H groups in total. The van der Waals surface area contributed by atoms with Gasteiger partial charge in [0.15, 0.2) is 6.61 Å². The average molecular weight is 388 g/mol. The number of hydrogen-bond acceptors (Lipinski definition) is 4. The Morgan fingerprint density at radius 2 is 1.79 bits per heavy atom. The zero-order chi connectivity index (χ0) is 17.5. The normalized spacial score (nSPS) is 10.7. The van der Waals surface area contributed by atoms with Crippen molar-refractivity contribution in [1.29, 1.82) is 0 Å². The van der Waals surface area contributed by atoms with Crippen molar-refractivity contribution < 1.29 is 14.3 Å². The van der Waals surface area contributed by atoms with Crippen molar-refractivity contribution in [2.75, 3.05) is 13.7 Å². The van der Waals surface area contributed by atoms with E-state index in [1.54, 1.807) is 31.4 Å². The first-order valence-electron chi connectivity index (χ1n) is 6.73. The van der Waals surface area contributed by atoms with Gasteiger partial charge in [-0.2, -0.15) is 5.10 Å². The van der Waals surface area contributed by atoms with Crippen molar-refractivity contribution in [2.45, 2.75) is 0 Å². The van der Waals surface area contributed by atoms with E-state index in [2.05, 4.69) is 10.5 Å². The predicted octanol–water partition coefficient (Wildman–Crippen LogP) is 4.18. The van der Waals surface area contributed by atoms with Gasteiger partial charge in [-0.05, 0) is 35.9 Å². The Kier molecular flexibility index (Phi) is 6.73. The molecule has 0 bridgehead atoms. The van der Waals surface area contributed by atoms with Gasteiger partial charge in [-0.1, -0.05) is 34.8 Å². The van der Waals surface area contributed by atoms with Crippen molar-refractivity contribution >= 4 is 46.9 Å². The van der Waals surface area contributed by atoms with E-state index in [1.807, 2.05) is 0 Å². The maximum atomic E-state index is 11.7. The van der Waals surface area contributed by atoms with Gasteiger partial charge in [0.1, 0.15) is 11.5 Å². The van der Waals surface area contributed by atoms with Crippen LogP contribution in [0.5, 0.6) is 11.5 Å². The highest BCUT2D eigenvalue weighted by molar-refractivity contribution is 6.43. The number of hydrogen-bond donors (Lipinski definition) is 1. The van der Waals surface area contributed by atoms with Gasteiger partial charge >= 0.3 is 0 Å². The SMILES string of the molecule is COc1ccc(/C=N/NC(=O)COc2cc(Cl)c(Cl)cc2Cl)cc1. The highest BCUT2D eigenvalue weighted by Crippen LogP contribution is 2.33. The number of carbonyl (C=O) groups is 1. The molecule has 126 valence electrons. The van der Waals surface area contributed by atoms with Gasteiger partial charge in [0.05, 0.1) is 28.4 Å². The van der Waals surface area contributed by atoms with E-state index in [0.717, 1.165) is 11.3 Å². The van der Waals surface area contributed by atoms with Crippen molar-refractivity contribution in [3.63, 3.8) is 0 Å². The summed E-state index contributed by atoms with van der Waals surface area (Å²) in [4.78, 5) is 11.7. The number of halogens is 3. The largest absolute Gasteiger partial charge is 0.497 e. The summed E-state index contributed by atoms with van der Waals surface area (Å²) in [6.07, 6.45) is 1.50. The highest BCUT2D eigenvalue weighted by atomic mass is 35.5. The molecule has 0 heterocycles. The maximum absolute atomic E-state index is 11.7. The van der Waals surface area contributed by atoms with Crippen molar-refractivity contribution in [3.05, 3.63) is 57.0 Å². The molecule has 1 amide bonds. The smallest absolute Gasteiger partial charge is 0.277 e. The number of hydrazone groups is 1. The number of methoxy groups -OCH3 is 1. The second kappa shape index (κ2) is 8.78. The van der Waals surface area contributed by atoms with Crippen LogP contribution in [-0.2, 0) is 4.79 Å². The van der Waals surface area contributed by atoms with Crippen molar-refractivity contribution in [3.8, 4) is 11.5 Å². The maximum Gasteiger partial charge on any atom is 0.277 e. The molecule has 0 aromatic heterocycles. The first-order valence-corrected chi connectivity index (χ1v) is 7.86. The first-order chi connectivity index (χ1) is 11.5. The lowest BCUT2D eigenvalue weighted by atomic mass is 10.2. The number of rotatable bonds is 6. The summed E-state index contributed by atoms with van der Waals surface area (Å²) >= 11 is 17.6. The van der Waals surface area contributed by atoms with Crippen LogP contribution in [0.3, 0.4) is 0 Å². The van der Waals surface area contributed by atoms with Crippen molar-refractivity contribution in [2.24, 2.45) is 5.10 Å². The van der Waals surface area contributed by atoms with E-state index in [0.29, 0.717) is 5.02 Å². The Bertz CT molecular complexity index is 749. The lowest BCUT2D eigenvalue weighted by molar-refractivity contribution is -0.123. The first kappa shape index (κ1) is 18.4. The Balaban J connectivity index is 1.85. The van der Waals surface area contributed by atoms with Crippen LogP contribution in [0.25, 0.3) is 0 Å². The van der Waals surface area contributed by atoms with Crippen LogP contribution in [-0.4, -0.2) is 25.8 Å². The fraction of sp³-hybridized carbons (Fsp3) is 0.125. The van der Waals surface area contributed by atoms with Gasteiger partial charge in [0.25, 0.3) is 5.91 Å². The van der Waals surface area contributed by atoms with Crippen LogP contribution in [0.15, 0.2) is 41.5 Å². The van der Waals surface area contributed by atoms with E-state index < -0.39 is 5.91 Å². The minimum atomic E-state index is -0.443. The lowest BCUT2D eigenvalue weighted by Crippen LogP contribution is -2.24. The summed E-state index contributed by atoms with van der Waals surface area (Å²) in [7, 11) is 1.59. The van der Waals surface area contributed by atoms with Crippen LogP contribution in [0.1, 0.15) is 5.56 Å². The summed E-state index contributed by atoms with van der Waals surface area (Å²) < 4.78 is 10.3. The fourth-order valence-corrected chi connectivity index (χ4v) is 2.25. The van der Waals surface area contributed by atoms with E-state index in [-0.39, 0.29) is 22.4 Å². The molecule has 0 aliphatic rings. The fourth-order valence-electron chi connectivity index (χ4n) is 1.66. The zero-order valence-electron chi connectivity index (χ0n) is 12.6. The summed E-state index contributed by atoms with van der Waals surface area (Å²) in [6, 6.07) is 10.1. The summed E-state index contributed by atoms with van der Waals surface area (Å²) in [5.74, 6) is 0.561. The molecule has 0 unspecified atom stereocenters. The second-order valence-electron chi connectivity index (χ2n) is 4.55. The molecule has 0 aliphatic heterocycles. The van der Waals surface area contributed by atoms with Gasteiger partial charge < -0.3 is 9.47 Å². The van der Waals surface area contributed by atoms with E-state index >= 15 is 0 Å². The van der Waals surface area contributed by atoms with Gasteiger partial charge in [-0.3, -0.25) is 4.79 Å². The summed E-state index contributed by atoms with van der Waals surface area (Å²) in [5, 5.41) is 4.69. The number of carbonyl (C=O) groups excluding carboxylic acids is 1. The molecule has 0 spiro atoms. The molecule has 0 atom stereocenters. The number of amides is 1. The molecule has 0 aliphatic carbocycles. The van der Waals surface area contributed by atoms with Crippen LogP contribution in [0.2, 0.25) is 15.1 Å². The molecule has 2 aromatic carbocycles. The van der Waals surface area contributed by atoms with Crippen LogP contribution in [0, 0.1) is 0 Å². The average Bonchev–Trinajstić information content (AvgIpc) is 2.57. The second-order valence-corrected chi connectivity index (χ2v) is 5.77. The molecule has 2 rings (SSSR count). The molecule has 8 heteroatoms. The molecule has 2 aromatic rings. The third kappa shape index (κ3) is 5.30. The molecule has 0 saturated heterocycles. The van der Waals surface area contributed by atoms with Crippen molar-refractivity contribution in [1.82, 2.24) is 5.43 Å². The molecule has 0 radical (unpaired) electrons. The minimum absolute atomic E-state index is 0.263. The Hall–Kier alpha value is -1.95. The number of nitrogens with zero attached hydrogens (tertiary/aromatic N) is 1. The number of ether oxygens (including phenoxy) is 2. The van der Waals surface area contributed by atoms with Crippen LogP contribution in [0.4, 0.5) is 0 Å². The van der Waals surface area contributed by atoms with Gasteiger partial charge in [0, 0.05) is 6.07 Å². The highest BCUT2D eigenvalue weighted by Gasteiger charge is 2.09. The summed E-state index contributed by atoms with van der Waals surface area (Å²) in [6.45, 7) is -0.266. The Labute approximate surface area is 154 Å². The Morgan fingerprint density at radius 3 is 2.46 bits per heavy atom. The third-order valence-corrected chi connectivity index (χ3v) is 3.87. The predicted molar refractivity (Wildman–Crippen MR) is 95.7 cm³/mol. The van der Waals surface area contributed by atoms with Gasteiger partial charge in [-0.15, -0.1) is 0 Å². The Morgan fingerprint density at radius 1 is 1.12 bits per heavy atom. The monoisotopic (exact) mass is 386 g/mol. The van der Waals surface area contributed by atoms with E-state index in [4.69, 9.17) is 44.3 Å². The third-order valence-electron chi connectivity index (χ3n) is 2.85. The van der Waals surface area contributed by atoms with Crippen LogP contribution >= 0.6 is 34.8 Å². The lowest BCUT2D eigenvalue weighted by Gasteiger charge is -2.08. The molecular weight excluding hydrogens is 375 g/mol. The molecule has 24 heavy (non-hydrogen) atoms. The molecule has 0 fully saturated rings. The van der Waals surface area contributed by atoms with Gasteiger partial charge in [-0.25, -0.2) is 5.43 Å². The standard InChI is InChI=1S/C16H13Cl3N2O3/c1-23-11-4-2-10(3-5-11)8-20-21-16(22)9-24-15-7-13(18)12(17)6-14(15)19/h2-8H,9H2,1H3,(H,21,22)/b20-8+. The van der Waals surface area contributed by atoms with E-state index in [9.17, 15) is 4.79 Å². The molecule has 5 nitrogen and oxygen atoms in total. The minimum Gasteiger partial charge on any atom is -0.497 e. The topological polar surface area (TPSA) is 59.9 Å². The number of nitrogens with one attached hydrogen (secondary N) is 1. The zero-order valence-corrected chi connectivity index (χ0v) is 14.8. The van der Waals surface area contributed by atoms with E-state index in [1.165, 1.54) is 18.3 Å². The van der Waals surface area contributed by atoms with Gasteiger partial charge in [0.2, 0.25) is 0 Å². The number of benzene rings is 2. The van der Waals surface area contributed by atoms with Crippen LogP contribution < -0.4 is 14.9 Å². The summed E-state index contributed by atoms with van der Waals surface area (Å²) in [5.41, 5.74) is 3.16. The quantitative estimate of drug-likeness (QED) is 0.459. The molecule has 0 saturated carbocycles.